The standard InChI is InChI=1S/C15H21N3O3.ClH/c19-15(12-18-7-9-20-10-8-18)13-21-17-6-2-4-14-3-1-5-16-11-14;/h1-6,11,15,19H,7-10,12-13H2;1H/p-1/b4-2+,17-6+;. The van der Waals surface area contributed by atoms with Gasteiger partial charge < -0.3 is 27.1 Å². The van der Waals surface area contributed by atoms with E-state index in [2.05, 4.69) is 15.0 Å². The van der Waals surface area contributed by atoms with Crippen LogP contribution in [0.5, 0.6) is 0 Å². The maximum absolute atomic E-state index is 9.83. The van der Waals surface area contributed by atoms with Crippen molar-refractivity contribution in [3.05, 3.63) is 36.2 Å². The maximum Gasteiger partial charge on any atom is 0.144 e. The van der Waals surface area contributed by atoms with E-state index in [1.54, 1.807) is 24.7 Å². The lowest BCUT2D eigenvalue weighted by molar-refractivity contribution is -0.0128. The SMILES string of the molecule is OC(CO/N=C/C=C/c1cccnc1)CN1CCOCC1.[Cl-]. The van der Waals surface area contributed by atoms with Crippen LogP contribution in [0.25, 0.3) is 6.08 Å². The minimum atomic E-state index is -0.539. The maximum atomic E-state index is 9.83. The van der Waals surface area contributed by atoms with E-state index in [-0.39, 0.29) is 19.0 Å². The number of morpholine rings is 1. The van der Waals surface area contributed by atoms with E-state index in [1.165, 1.54) is 0 Å². The van der Waals surface area contributed by atoms with E-state index >= 15 is 0 Å². The van der Waals surface area contributed by atoms with Crippen molar-refractivity contribution >= 4 is 12.3 Å². The van der Waals surface area contributed by atoms with Gasteiger partial charge in [0.05, 0.1) is 19.4 Å². The van der Waals surface area contributed by atoms with Crippen molar-refractivity contribution in [1.29, 1.82) is 0 Å². The minimum Gasteiger partial charge on any atom is -1.00 e. The van der Waals surface area contributed by atoms with Crippen molar-refractivity contribution in [2.24, 2.45) is 5.16 Å². The van der Waals surface area contributed by atoms with Gasteiger partial charge in [0.1, 0.15) is 12.7 Å². The average molecular weight is 327 g/mol. The number of aromatic nitrogens is 1. The van der Waals surface area contributed by atoms with Gasteiger partial charge in [-0.15, -0.1) is 0 Å². The number of halogens is 1. The molecule has 122 valence electrons. The first-order valence-corrected chi connectivity index (χ1v) is 7.05. The number of rotatable bonds is 7. The number of ether oxygens (including phenoxy) is 1. The lowest BCUT2D eigenvalue weighted by Crippen LogP contribution is -3.00. The van der Waals surface area contributed by atoms with Gasteiger partial charge in [-0.25, -0.2) is 0 Å². The van der Waals surface area contributed by atoms with Crippen molar-refractivity contribution in [3.63, 3.8) is 0 Å². The van der Waals surface area contributed by atoms with E-state index in [1.807, 2.05) is 18.2 Å². The highest BCUT2D eigenvalue weighted by Crippen LogP contribution is 1.99. The summed E-state index contributed by atoms with van der Waals surface area (Å²) in [5, 5.41) is 13.6. The fraction of sp³-hybridized carbons (Fsp3) is 0.467. The Balaban J connectivity index is 0.00000242. The summed E-state index contributed by atoms with van der Waals surface area (Å²) in [6, 6.07) is 3.82. The third-order valence-electron chi connectivity index (χ3n) is 3.03. The van der Waals surface area contributed by atoms with Gasteiger partial charge in [0, 0.05) is 32.0 Å². The average Bonchev–Trinajstić information content (AvgIpc) is 2.53. The normalized spacial score (nSPS) is 17.5. The summed E-state index contributed by atoms with van der Waals surface area (Å²) >= 11 is 0. The van der Waals surface area contributed by atoms with Crippen LogP contribution in [0, 0.1) is 0 Å². The second kappa shape index (κ2) is 11.1. The lowest BCUT2D eigenvalue weighted by Gasteiger charge is -2.28. The van der Waals surface area contributed by atoms with Crippen molar-refractivity contribution in [2.45, 2.75) is 6.10 Å². The Hall–Kier alpha value is -1.47. The largest absolute Gasteiger partial charge is 1.00 e. The van der Waals surface area contributed by atoms with Crippen molar-refractivity contribution in [1.82, 2.24) is 9.88 Å². The van der Waals surface area contributed by atoms with E-state index in [0.29, 0.717) is 6.54 Å². The molecule has 1 N–H and O–H groups in total. The molecule has 0 amide bonds. The number of hydrogen-bond acceptors (Lipinski definition) is 6. The summed E-state index contributed by atoms with van der Waals surface area (Å²) in [6.45, 7) is 3.94. The molecule has 1 aromatic heterocycles. The molecule has 2 rings (SSSR count). The first-order chi connectivity index (χ1) is 10.3. The van der Waals surface area contributed by atoms with E-state index in [0.717, 1.165) is 31.9 Å². The molecule has 0 radical (unpaired) electrons. The van der Waals surface area contributed by atoms with Crippen LogP contribution in [-0.2, 0) is 9.57 Å². The lowest BCUT2D eigenvalue weighted by atomic mass is 10.3. The third kappa shape index (κ3) is 7.51. The molecule has 0 bridgehead atoms. The smallest absolute Gasteiger partial charge is 0.144 e. The van der Waals surface area contributed by atoms with Crippen LogP contribution in [0.1, 0.15) is 5.56 Å². The van der Waals surface area contributed by atoms with Gasteiger partial charge in [0.2, 0.25) is 0 Å². The number of β-amino-alcohol motifs (C(OH)–C–C–N with tert-alkyl or cyclic N) is 1. The first kappa shape index (κ1) is 18.6. The summed E-state index contributed by atoms with van der Waals surface area (Å²) in [4.78, 5) is 11.2. The first-order valence-electron chi connectivity index (χ1n) is 7.05. The summed E-state index contributed by atoms with van der Waals surface area (Å²) in [5.74, 6) is 0. The predicted octanol–water partition coefficient (Wildman–Crippen LogP) is -2.21. The summed E-state index contributed by atoms with van der Waals surface area (Å²) < 4.78 is 5.25. The molecule has 6 nitrogen and oxygen atoms in total. The zero-order valence-electron chi connectivity index (χ0n) is 12.3. The van der Waals surface area contributed by atoms with E-state index in [9.17, 15) is 5.11 Å². The Bertz CT molecular complexity index is 451. The number of allylic oxidation sites excluding steroid dienone is 1. The Kier molecular flexibility index (Phi) is 9.41. The molecule has 0 saturated carbocycles. The van der Waals surface area contributed by atoms with Gasteiger partial charge in [0.25, 0.3) is 0 Å². The van der Waals surface area contributed by atoms with Crippen LogP contribution < -0.4 is 12.4 Å². The molecule has 22 heavy (non-hydrogen) atoms. The highest BCUT2D eigenvalue weighted by Gasteiger charge is 2.14. The second-order valence-corrected chi connectivity index (χ2v) is 4.76. The monoisotopic (exact) mass is 326 g/mol. The number of aliphatic hydroxyl groups is 1. The van der Waals surface area contributed by atoms with Gasteiger partial charge in [-0.1, -0.05) is 17.3 Å². The van der Waals surface area contributed by atoms with Crippen LogP contribution in [0.4, 0.5) is 0 Å². The quantitative estimate of drug-likeness (QED) is 0.455. The van der Waals surface area contributed by atoms with Crippen molar-refractivity contribution in [3.8, 4) is 0 Å². The minimum absolute atomic E-state index is 0. The molecule has 1 aromatic rings. The zero-order valence-corrected chi connectivity index (χ0v) is 13.1. The van der Waals surface area contributed by atoms with Gasteiger partial charge in [-0.3, -0.25) is 9.88 Å². The molecule has 0 aromatic carbocycles. The van der Waals surface area contributed by atoms with Gasteiger partial charge in [0.15, 0.2) is 0 Å². The molecular formula is C15H21ClN3O3-. The third-order valence-corrected chi connectivity index (χ3v) is 3.03. The van der Waals surface area contributed by atoms with Crippen molar-refractivity contribution in [2.75, 3.05) is 39.5 Å². The fourth-order valence-corrected chi connectivity index (χ4v) is 1.97. The van der Waals surface area contributed by atoms with Gasteiger partial charge >= 0.3 is 0 Å². The molecule has 2 heterocycles. The molecule has 7 heteroatoms. The van der Waals surface area contributed by atoms with Gasteiger partial charge in [-0.2, -0.15) is 0 Å². The zero-order chi connectivity index (χ0) is 14.8. The van der Waals surface area contributed by atoms with Gasteiger partial charge in [-0.05, 0) is 17.7 Å². The molecule has 1 fully saturated rings. The van der Waals surface area contributed by atoms with Crippen LogP contribution >= 0.6 is 0 Å². The van der Waals surface area contributed by atoms with Crippen LogP contribution in [0.3, 0.4) is 0 Å². The Morgan fingerprint density at radius 3 is 3.00 bits per heavy atom. The summed E-state index contributed by atoms with van der Waals surface area (Å²) in [5.41, 5.74) is 0.997. The molecule has 1 aliphatic rings. The van der Waals surface area contributed by atoms with Crippen LogP contribution in [0.2, 0.25) is 0 Å². The summed E-state index contributed by atoms with van der Waals surface area (Å²) in [7, 11) is 0. The van der Waals surface area contributed by atoms with Crippen LogP contribution in [0.15, 0.2) is 35.8 Å². The highest BCUT2D eigenvalue weighted by atomic mass is 35.5. The number of oxime groups is 1. The van der Waals surface area contributed by atoms with E-state index < -0.39 is 6.10 Å². The molecule has 1 saturated heterocycles. The Morgan fingerprint density at radius 2 is 2.27 bits per heavy atom. The Morgan fingerprint density at radius 1 is 1.45 bits per heavy atom. The predicted molar refractivity (Wildman–Crippen MR) is 81.0 cm³/mol. The molecular weight excluding hydrogens is 306 g/mol. The highest BCUT2D eigenvalue weighted by molar-refractivity contribution is 5.77. The summed E-state index contributed by atoms with van der Waals surface area (Å²) in [6.07, 6.45) is 8.15. The number of pyridine rings is 1. The second-order valence-electron chi connectivity index (χ2n) is 4.76. The topological polar surface area (TPSA) is 67.2 Å². The molecule has 0 aliphatic carbocycles. The van der Waals surface area contributed by atoms with Crippen LogP contribution in [-0.4, -0.2) is 66.8 Å². The molecule has 0 spiro atoms. The molecule has 1 aliphatic heterocycles. The number of hydrogen-bond donors (Lipinski definition) is 1. The number of aliphatic hydroxyl groups excluding tert-OH is 1. The number of nitrogens with zero attached hydrogens (tertiary/aromatic N) is 3. The molecule has 1 unspecified atom stereocenters. The molecule has 1 atom stereocenters. The fourth-order valence-electron chi connectivity index (χ4n) is 1.97. The van der Waals surface area contributed by atoms with Crippen molar-refractivity contribution < 1.29 is 27.1 Å². The van der Waals surface area contributed by atoms with E-state index in [4.69, 9.17) is 9.57 Å². The Labute approximate surface area is 136 Å².